The van der Waals surface area contributed by atoms with Gasteiger partial charge in [-0.1, -0.05) is 200 Å². The van der Waals surface area contributed by atoms with Crippen LogP contribution in [0.5, 0.6) is 0 Å². The molecule has 6 aromatic carbocycles. The molecule has 308 valence electrons. The van der Waals surface area contributed by atoms with E-state index in [1.165, 1.54) is 110 Å². The molecular formula is C62H60. The molecule has 0 amide bonds. The third kappa shape index (κ3) is 6.63. The minimum Gasteiger partial charge on any atom is -0.0622 e. The average Bonchev–Trinajstić information content (AvgIpc) is 3.30. The van der Waals surface area contributed by atoms with Crippen LogP contribution in [0.4, 0.5) is 0 Å². The number of hydrogen-bond acceptors (Lipinski definition) is 0. The van der Waals surface area contributed by atoms with Crippen molar-refractivity contribution in [2.24, 2.45) is 28.6 Å². The van der Waals surface area contributed by atoms with Gasteiger partial charge in [-0.2, -0.15) is 0 Å². The monoisotopic (exact) mass is 804 g/mol. The zero-order valence-corrected chi connectivity index (χ0v) is 36.3. The summed E-state index contributed by atoms with van der Waals surface area (Å²) in [4.78, 5) is 0. The summed E-state index contributed by atoms with van der Waals surface area (Å²) >= 11 is 0. The van der Waals surface area contributed by atoms with Gasteiger partial charge < -0.3 is 0 Å². The van der Waals surface area contributed by atoms with Crippen molar-refractivity contribution in [1.82, 2.24) is 0 Å². The normalized spacial score (nSPS) is 33.0. The summed E-state index contributed by atoms with van der Waals surface area (Å²) in [5.41, 5.74) is 14.1. The van der Waals surface area contributed by atoms with Crippen molar-refractivity contribution in [1.29, 1.82) is 0 Å². The molecule has 8 bridgehead atoms. The van der Waals surface area contributed by atoms with E-state index in [-0.39, 0.29) is 10.8 Å². The van der Waals surface area contributed by atoms with Gasteiger partial charge in [-0.05, 0) is 172 Å². The van der Waals surface area contributed by atoms with E-state index in [0.717, 1.165) is 17.8 Å². The first kappa shape index (κ1) is 38.2. The molecule has 0 aliphatic heterocycles. The van der Waals surface area contributed by atoms with E-state index in [9.17, 15) is 0 Å². The van der Waals surface area contributed by atoms with Gasteiger partial charge in [0.05, 0.1) is 0 Å². The van der Waals surface area contributed by atoms with Gasteiger partial charge in [-0.15, -0.1) is 0 Å². The summed E-state index contributed by atoms with van der Waals surface area (Å²) < 4.78 is 0. The van der Waals surface area contributed by atoms with Crippen molar-refractivity contribution in [2.45, 2.75) is 93.3 Å². The third-order valence-electron chi connectivity index (χ3n) is 17.6. The summed E-state index contributed by atoms with van der Waals surface area (Å²) in [5.74, 6) is 2.50. The maximum atomic E-state index is 2.56. The molecule has 14 rings (SSSR count). The van der Waals surface area contributed by atoms with Gasteiger partial charge in [0.2, 0.25) is 0 Å². The number of benzene rings is 6. The summed E-state index contributed by atoms with van der Waals surface area (Å²) in [6.07, 6.45) is 30.5. The SMILES string of the molecule is C(=Cc1ccc(C23CC4CC(C2)CC(C25CC6CC(c7ccc(C=Cc8ccccc8)cc7)(CC(c7ccc(C=Cc8ccccc8)cc7)(C6)C2)C5)(C4)C3)cc1)c1ccccc1. The van der Waals surface area contributed by atoms with Crippen LogP contribution >= 0.6 is 0 Å². The van der Waals surface area contributed by atoms with Crippen molar-refractivity contribution in [3.63, 3.8) is 0 Å². The smallest absolute Gasteiger partial charge is 0.00304 e. The highest BCUT2D eigenvalue weighted by molar-refractivity contribution is 5.71. The van der Waals surface area contributed by atoms with E-state index < -0.39 is 0 Å². The standard InChI is InChI=1S/C62H60/c1-4-10-46(11-5-1)16-19-49-22-28-55(29-23-49)58-35-52-34-53(36-58)40-61(39-52,43-58)62-41-54-37-59(44-62,56-30-24-50(25-31-56)20-17-47-12-6-2-7-13-47)42-60(38-54,45-62)57-32-26-51(27-33-57)21-18-48-14-8-3-9-15-48/h1-33,52-54H,34-45H2. The molecule has 0 heteroatoms. The molecule has 62 heavy (non-hydrogen) atoms. The van der Waals surface area contributed by atoms with Crippen molar-refractivity contribution < 1.29 is 0 Å². The highest BCUT2D eigenvalue weighted by Gasteiger charge is 2.72. The molecule has 0 heterocycles. The van der Waals surface area contributed by atoms with Gasteiger partial charge in [-0.25, -0.2) is 0 Å². The molecule has 6 aromatic rings. The highest BCUT2D eigenvalue weighted by Crippen LogP contribution is 2.80. The van der Waals surface area contributed by atoms with Crippen molar-refractivity contribution >= 4 is 36.5 Å². The molecule has 0 N–H and O–H groups in total. The fourth-order valence-electron chi connectivity index (χ4n) is 16.0. The van der Waals surface area contributed by atoms with Gasteiger partial charge >= 0.3 is 0 Å². The third-order valence-corrected chi connectivity index (χ3v) is 17.6. The van der Waals surface area contributed by atoms with E-state index in [0.29, 0.717) is 16.2 Å². The summed E-state index contributed by atoms with van der Waals surface area (Å²) in [6.45, 7) is 0. The Balaban J connectivity index is 0.909. The largest absolute Gasteiger partial charge is 0.0622 e. The Morgan fingerprint density at radius 2 is 0.581 bits per heavy atom. The predicted molar refractivity (Wildman–Crippen MR) is 261 cm³/mol. The number of hydrogen-bond donors (Lipinski definition) is 0. The molecule has 4 atom stereocenters. The first-order valence-corrected chi connectivity index (χ1v) is 23.9. The molecule has 0 saturated heterocycles. The van der Waals surface area contributed by atoms with Crippen LogP contribution in [0, 0.1) is 28.6 Å². The van der Waals surface area contributed by atoms with Crippen molar-refractivity contribution in [3.8, 4) is 0 Å². The van der Waals surface area contributed by atoms with E-state index in [4.69, 9.17) is 0 Å². The molecular weight excluding hydrogens is 745 g/mol. The van der Waals surface area contributed by atoms with Gasteiger partial charge in [0.1, 0.15) is 0 Å². The first-order valence-electron chi connectivity index (χ1n) is 23.9. The lowest BCUT2D eigenvalue weighted by Gasteiger charge is -2.76. The Bertz CT molecular complexity index is 2500. The Labute approximate surface area is 370 Å². The molecule has 0 radical (unpaired) electrons. The Hall–Kier alpha value is -5.46. The maximum absolute atomic E-state index is 2.56. The van der Waals surface area contributed by atoms with E-state index in [2.05, 4.69) is 200 Å². The first-order chi connectivity index (χ1) is 30.4. The lowest BCUT2D eigenvalue weighted by molar-refractivity contribution is -0.218. The van der Waals surface area contributed by atoms with Gasteiger partial charge in [0, 0.05) is 0 Å². The zero-order chi connectivity index (χ0) is 41.2. The Morgan fingerprint density at radius 3 is 0.968 bits per heavy atom. The van der Waals surface area contributed by atoms with Gasteiger partial charge in [-0.3, -0.25) is 0 Å². The second-order valence-electron chi connectivity index (χ2n) is 21.5. The molecule has 8 saturated carbocycles. The van der Waals surface area contributed by atoms with Crippen LogP contribution in [0.3, 0.4) is 0 Å². The average molecular weight is 805 g/mol. The van der Waals surface area contributed by atoms with Crippen LogP contribution in [0.2, 0.25) is 0 Å². The second kappa shape index (κ2) is 14.8. The van der Waals surface area contributed by atoms with E-state index >= 15 is 0 Å². The van der Waals surface area contributed by atoms with Crippen LogP contribution in [0.25, 0.3) is 36.5 Å². The van der Waals surface area contributed by atoms with Crippen LogP contribution < -0.4 is 0 Å². The molecule has 0 aromatic heterocycles. The van der Waals surface area contributed by atoms with Crippen molar-refractivity contribution in [2.75, 3.05) is 0 Å². The minimum atomic E-state index is 0.218. The van der Waals surface area contributed by atoms with Crippen LogP contribution in [-0.2, 0) is 16.2 Å². The molecule has 8 aliphatic carbocycles. The highest BCUT2D eigenvalue weighted by atomic mass is 14.8. The Kier molecular flexibility index (Phi) is 9.15. The van der Waals surface area contributed by atoms with E-state index in [1.807, 2.05) is 0 Å². The fraction of sp³-hybridized carbons (Fsp3) is 0.323. The van der Waals surface area contributed by atoms with Crippen molar-refractivity contribution in [3.05, 3.63) is 214 Å². The maximum Gasteiger partial charge on any atom is -0.00304 e. The zero-order valence-electron chi connectivity index (χ0n) is 36.3. The van der Waals surface area contributed by atoms with E-state index in [1.54, 1.807) is 16.7 Å². The summed E-state index contributed by atoms with van der Waals surface area (Å²) in [6, 6.07) is 62.1. The van der Waals surface area contributed by atoms with Crippen LogP contribution in [0.15, 0.2) is 164 Å². The Morgan fingerprint density at radius 1 is 0.274 bits per heavy atom. The molecule has 0 nitrogen and oxygen atoms in total. The summed E-state index contributed by atoms with van der Waals surface area (Å²) in [5, 5.41) is 0. The molecule has 8 aliphatic rings. The quantitative estimate of drug-likeness (QED) is 0.121. The lowest BCUT2D eigenvalue weighted by atomic mass is 9.28. The molecule has 8 fully saturated rings. The van der Waals surface area contributed by atoms with Crippen LogP contribution in [0.1, 0.15) is 127 Å². The minimum absolute atomic E-state index is 0.218. The summed E-state index contributed by atoms with van der Waals surface area (Å²) in [7, 11) is 0. The predicted octanol–water partition coefficient (Wildman–Crippen LogP) is 15.9. The lowest BCUT2D eigenvalue weighted by Crippen LogP contribution is -2.68. The van der Waals surface area contributed by atoms with Crippen LogP contribution in [-0.4, -0.2) is 0 Å². The number of rotatable bonds is 10. The second-order valence-corrected chi connectivity index (χ2v) is 21.5. The van der Waals surface area contributed by atoms with Gasteiger partial charge in [0.25, 0.3) is 0 Å². The molecule has 4 unspecified atom stereocenters. The van der Waals surface area contributed by atoms with Gasteiger partial charge in [0.15, 0.2) is 0 Å². The molecule has 0 spiro atoms. The fourth-order valence-corrected chi connectivity index (χ4v) is 16.0. The topological polar surface area (TPSA) is 0 Å².